The predicted octanol–water partition coefficient (Wildman–Crippen LogP) is 3.42. The van der Waals surface area contributed by atoms with E-state index in [0.717, 1.165) is 22.5 Å². The third-order valence-electron chi connectivity index (χ3n) is 4.56. The molecule has 1 atom stereocenters. The number of benzene rings is 2. The number of ether oxygens (including phenoxy) is 2. The van der Waals surface area contributed by atoms with Gasteiger partial charge in [-0.25, -0.2) is 9.97 Å². The Hall–Kier alpha value is -2.76. The van der Waals surface area contributed by atoms with Crippen LogP contribution in [0.5, 0.6) is 6.01 Å². The van der Waals surface area contributed by atoms with Gasteiger partial charge in [-0.3, -0.25) is 0 Å². The number of aryl methyl sites for hydroxylation is 2. The molecule has 0 bridgehead atoms. The van der Waals surface area contributed by atoms with Crippen LogP contribution in [0.25, 0.3) is 0 Å². The molecule has 1 N–H and O–H groups in total. The van der Waals surface area contributed by atoms with Crippen LogP contribution in [0.4, 0.5) is 0 Å². The number of hydrogen-bond acceptors (Lipinski definition) is 5. The molecule has 5 heteroatoms. The van der Waals surface area contributed by atoms with Gasteiger partial charge in [0.1, 0.15) is 0 Å². The number of aliphatic hydroxyl groups excluding tert-OH is 1. The van der Waals surface area contributed by atoms with E-state index in [4.69, 9.17) is 9.47 Å². The molecule has 0 spiro atoms. The highest BCUT2D eigenvalue weighted by Crippen LogP contribution is 2.38. The van der Waals surface area contributed by atoms with Crippen molar-refractivity contribution in [1.82, 2.24) is 9.97 Å². The second kappa shape index (κ2) is 8.29. The molecule has 0 saturated heterocycles. The molecule has 0 amide bonds. The van der Waals surface area contributed by atoms with E-state index >= 15 is 0 Å². The lowest BCUT2D eigenvalue weighted by Gasteiger charge is -2.39. The maximum absolute atomic E-state index is 10.3. The van der Waals surface area contributed by atoms with Crippen molar-refractivity contribution in [2.75, 3.05) is 13.7 Å². The minimum absolute atomic E-state index is 0.222. The van der Waals surface area contributed by atoms with Gasteiger partial charge >= 0.3 is 6.01 Å². The first kappa shape index (κ1) is 19.0. The standard InChI is InChI=1S/C22H24N2O3/c1-16-14-17(2)24-21(23-16)27-20(15-25)22(26-3,18-10-6-4-7-11-18)19-12-8-5-9-13-19/h4-14,20,25H,15H2,1-3H3. The number of aliphatic hydroxyl groups is 1. The van der Waals surface area contributed by atoms with Crippen LogP contribution < -0.4 is 4.74 Å². The van der Waals surface area contributed by atoms with Gasteiger partial charge in [-0.1, -0.05) is 60.7 Å². The largest absolute Gasteiger partial charge is 0.454 e. The normalized spacial score (nSPS) is 12.6. The van der Waals surface area contributed by atoms with Gasteiger partial charge < -0.3 is 14.6 Å². The van der Waals surface area contributed by atoms with Crippen LogP contribution in [0.1, 0.15) is 22.5 Å². The van der Waals surface area contributed by atoms with Gasteiger partial charge in [-0.15, -0.1) is 0 Å². The molecule has 2 aromatic carbocycles. The molecule has 1 aromatic heterocycles. The van der Waals surface area contributed by atoms with Crippen LogP contribution in [0, 0.1) is 13.8 Å². The summed E-state index contributed by atoms with van der Waals surface area (Å²) < 4.78 is 12.1. The highest BCUT2D eigenvalue weighted by molar-refractivity contribution is 5.38. The van der Waals surface area contributed by atoms with E-state index in [1.54, 1.807) is 7.11 Å². The molecule has 0 aliphatic carbocycles. The van der Waals surface area contributed by atoms with Crippen molar-refractivity contribution in [2.24, 2.45) is 0 Å². The topological polar surface area (TPSA) is 64.5 Å². The summed E-state index contributed by atoms with van der Waals surface area (Å²) in [4.78, 5) is 8.71. The molecule has 0 aliphatic rings. The molecular weight excluding hydrogens is 340 g/mol. The van der Waals surface area contributed by atoms with Gasteiger partial charge in [0, 0.05) is 18.5 Å². The average Bonchev–Trinajstić information content (AvgIpc) is 2.69. The maximum atomic E-state index is 10.3. The molecular formula is C22H24N2O3. The number of methoxy groups -OCH3 is 1. The Bertz CT molecular complexity index is 809. The lowest BCUT2D eigenvalue weighted by molar-refractivity contribution is -0.0887. The molecule has 0 saturated carbocycles. The first-order valence-electron chi connectivity index (χ1n) is 8.86. The molecule has 3 rings (SSSR count). The first-order chi connectivity index (χ1) is 13.1. The van der Waals surface area contributed by atoms with Crippen LogP contribution in [0.2, 0.25) is 0 Å². The van der Waals surface area contributed by atoms with Gasteiger partial charge in [-0.2, -0.15) is 0 Å². The smallest absolute Gasteiger partial charge is 0.317 e. The summed E-state index contributed by atoms with van der Waals surface area (Å²) in [6, 6.07) is 21.6. The van der Waals surface area contributed by atoms with Crippen molar-refractivity contribution in [3.63, 3.8) is 0 Å². The Morgan fingerprint density at radius 2 is 1.37 bits per heavy atom. The number of aromatic nitrogens is 2. The summed E-state index contributed by atoms with van der Waals surface area (Å²) in [5, 5.41) is 10.3. The van der Waals surface area contributed by atoms with Crippen molar-refractivity contribution in [3.8, 4) is 6.01 Å². The Balaban J connectivity index is 2.13. The summed E-state index contributed by atoms with van der Waals surface area (Å²) in [6.07, 6.45) is -0.742. The van der Waals surface area contributed by atoms with Crippen molar-refractivity contribution < 1.29 is 14.6 Å². The first-order valence-corrected chi connectivity index (χ1v) is 8.86. The Labute approximate surface area is 159 Å². The highest BCUT2D eigenvalue weighted by Gasteiger charge is 2.44. The third kappa shape index (κ3) is 3.84. The second-order valence-corrected chi connectivity index (χ2v) is 6.39. The molecule has 5 nitrogen and oxygen atoms in total. The fourth-order valence-corrected chi connectivity index (χ4v) is 3.40. The van der Waals surface area contributed by atoms with Crippen LogP contribution in [-0.4, -0.2) is 34.9 Å². The van der Waals surface area contributed by atoms with Crippen LogP contribution in [0.3, 0.4) is 0 Å². The molecule has 0 fully saturated rings. The van der Waals surface area contributed by atoms with Crippen molar-refractivity contribution in [2.45, 2.75) is 25.6 Å². The fraction of sp³-hybridized carbons (Fsp3) is 0.273. The van der Waals surface area contributed by atoms with Crippen molar-refractivity contribution in [1.29, 1.82) is 0 Å². The molecule has 27 heavy (non-hydrogen) atoms. The third-order valence-corrected chi connectivity index (χ3v) is 4.56. The number of nitrogens with zero attached hydrogens (tertiary/aromatic N) is 2. The molecule has 1 heterocycles. The van der Waals surface area contributed by atoms with Gasteiger partial charge in [-0.05, 0) is 31.0 Å². The predicted molar refractivity (Wildman–Crippen MR) is 104 cm³/mol. The van der Waals surface area contributed by atoms with Crippen LogP contribution >= 0.6 is 0 Å². The summed E-state index contributed by atoms with van der Waals surface area (Å²) in [6.45, 7) is 3.49. The van der Waals surface area contributed by atoms with Crippen LogP contribution in [-0.2, 0) is 10.3 Å². The lowest BCUT2D eigenvalue weighted by atomic mass is 9.81. The Morgan fingerprint density at radius 1 is 0.889 bits per heavy atom. The number of rotatable bonds is 7. The summed E-state index contributed by atoms with van der Waals surface area (Å²) in [7, 11) is 1.62. The molecule has 3 aromatic rings. The Kier molecular flexibility index (Phi) is 5.84. The zero-order valence-electron chi connectivity index (χ0n) is 15.8. The molecule has 0 radical (unpaired) electrons. The van der Waals surface area contributed by atoms with Crippen molar-refractivity contribution in [3.05, 3.63) is 89.2 Å². The lowest BCUT2D eigenvalue weighted by Crippen LogP contribution is -2.48. The SMILES string of the molecule is COC(c1ccccc1)(c1ccccc1)C(CO)Oc1nc(C)cc(C)n1. The van der Waals surface area contributed by atoms with E-state index in [1.165, 1.54) is 0 Å². The van der Waals surface area contributed by atoms with Crippen LogP contribution in [0.15, 0.2) is 66.7 Å². The minimum atomic E-state index is -1.02. The zero-order valence-corrected chi connectivity index (χ0v) is 15.8. The molecule has 1 unspecified atom stereocenters. The molecule has 0 aliphatic heterocycles. The van der Waals surface area contributed by atoms with E-state index in [1.807, 2.05) is 80.6 Å². The maximum Gasteiger partial charge on any atom is 0.317 e. The minimum Gasteiger partial charge on any atom is -0.454 e. The average molecular weight is 364 g/mol. The van der Waals surface area contributed by atoms with E-state index in [-0.39, 0.29) is 12.6 Å². The fourth-order valence-electron chi connectivity index (χ4n) is 3.40. The summed E-state index contributed by atoms with van der Waals surface area (Å²) in [5.41, 5.74) is 2.34. The van der Waals surface area contributed by atoms with Gasteiger partial charge in [0.05, 0.1) is 6.61 Å². The number of hydrogen-bond donors (Lipinski definition) is 1. The van der Waals surface area contributed by atoms with Crippen molar-refractivity contribution >= 4 is 0 Å². The van der Waals surface area contributed by atoms with Gasteiger partial charge in [0.2, 0.25) is 0 Å². The quantitative estimate of drug-likeness (QED) is 0.696. The van der Waals surface area contributed by atoms with E-state index in [0.29, 0.717) is 0 Å². The second-order valence-electron chi connectivity index (χ2n) is 6.39. The van der Waals surface area contributed by atoms with Gasteiger partial charge in [0.25, 0.3) is 0 Å². The van der Waals surface area contributed by atoms with E-state index < -0.39 is 11.7 Å². The summed E-state index contributed by atoms with van der Waals surface area (Å²) in [5.74, 6) is 0. The molecule has 140 valence electrons. The van der Waals surface area contributed by atoms with E-state index in [2.05, 4.69) is 9.97 Å². The zero-order chi connectivity index (χ0) is 19.3. The summed E-state index contributed by atoms with van der Waals surface area (Å²) >= 11 is 0. The highest BCUT2D eigenvalue weighted by atomic mass is 16.6. The van der Waals surface area contributed by atoms with E-state index in [9.17, 15) is 5.11 Å². The monoisotopic (exact) mass is 364 g/mol. The van der Waals surface area contributed by atoms with Gasteiger partial charge in [0.15, 0.2) is 11.7 Å². The Morgan fingerprint density at radius 3 is 1.78 bits per heavy atom.